The van der Waals surface area contributed by atoms with Crippen LogP contribution in [-0.2, 0) is 26.5 Å². The molecular formula is C12H10CrO4P2+2. The van der Waals surface area contributed by atoms with Crippen LogP contribution in [-0.4, -0.2) is 0 Å². The van der Waals surface area contributed by atoms with Crippen molar-refractivity contribution >= 4 is 26.7 Å². The van der Waals surface area contributed by atoms with E-state index in [0.717, 1.165) is 0 Å². The number of rotatable bonds is 2. The van der Waals surface area contributed by atoms with Gasteiger partial charge in [-0.15, -0.1) is 0 Å². The quantitative estimate of drug-likeness (QED) is 0.763. The smallest absolute Gasteiger partial charge is 0.591 e. The number of hydrogen-bond donors (Lipinski definition) is 0. The molecule has 96 valence electrons. The van der Waals surface area contributed by atoms with E-state index in [1.54, 1.807) is 60.7 Å². The van der Waals surface area contributed by atoms with Gasteiger partial charge in [-0.25, -0.2) is 0 Å². The molecule has 2 atom stereocenters. The first kappa shape index (κ1) is 18.1. The Morgan fingerprint density at radius 2 is 0.895 bits per heavy atom. The minimum absolute atomic E-state index is 0. The van der Waals surface area contributed by atoms with E-state index < -0.39 is 16.1 Å². The third-order valence-corrected chi connectivity index (χ3v) is 3.37. The molecule has 0 heterocycles. The summed E-state index contributed by atoms with van der Waals surface area (Å²) in [6, 6.07) is 16.6. The van der Waals surface area contributed by atoms with Gasteiger partial charge in [-0.05, 0) is 24.3 Å². The molecule has 2 unspecified atom stereocenters. The molecule has 2 rings (SSSR count). The van der Waals surface area contributed by atoms with E-state index in [2.05, 4.69) is 0 Å². The Hall–Kier alpha value is -0.908. The Balaban J connectivity index is 0.000000324. The summed E-state index contributed by atoms with van der Waals surface area (Å²) >= 11 is 0. The summed E-state index contributed by atoms with van der Waals surface area (Å²) in [5.41, 5.74) is 0. The molecule has 0 amide bonds. The van der Waals surface area contributed by atoms with E-state index in [-0.39, 0.29) is 17.4 Å². The zero-order valence-electron chi connectivity index (χ0n) is 9.71. The van der Waals surface area contributed by atoms with Crippen LogP contribution >= 0.6 is 16.1 Å². The van der Waals surface area contributed by atoms with E-state index >= 15 is 0 Å². The first-order valence-electron chi connectivity index (χ1n) is 5.00. The Morgan fingerprint density at radius 3 is 1.05 bits per heavy atom. The van der Waals surface area contributed by atoms with Gasteiger partial charge < -0.3 is 9.79 Å². The van der Waals surface area contributed by atoms with Gasteiger partial charge in [-0.1, -0.05) is 45.5 Å². The van der Waals surface area contributed by atoms with Gasteiger partial charge in [-0.3, -0.25) is 0 Å². The van der Waals surface area contributed by atoms with Gasteiger partial charge in [0.25, 0.3) is 0 Å². The van der Waals surface area contributed by atoms with Crippen LogP contribution < -0.4 is 20.4 Å². The molecule has 7 heteroatoms. The third kappa shape index (κ3) is 7.30. The van der Waals surface area contributed by atoms with Gasteiger partial charge in [0.15, 0.2) is 10.6 Å². The van der Waals surface area contributed by atoms with Crippen LogP contribution in [0.5, 0.6) is 0 Å². The van der Waals surface area contributed by atoms with Crippen molar-refractivity contribution in [1.29, 1.82) is 0 Å². The zero-order valence-corrected chi connectivity index (χ0v) is 12.8. The number of hydrogen-bond acceptors (Lipinski definition) is 4. The van der Waals surface area contributed by atoms with Crippen molar-refractivity contribution in [2.45, 2.75) is 0 Å². The second-order valence-electron chi connectivity index (χ2n) is 3.19. The summed E-state index contributed by atoms with van der Waals surface area (Å²) in [5, 5.41) is 0.736. The number of benzene rings is 2. The van der Waals surface area contributed by atoms with E-state index in [1.807, 2.05) is 0 Å². The molecule has 2 aromatic rings. The van der Waals surface area contributed by atoms with Crippen molar-refractivity contribution < 1.29 is 36.3 Å². The Kier molecular flexibility index (Phi) is 9.47. The molecule has 0 aliphatic carbocycles. The fourth-order valence-electron chi connectivity index (χ4n) is 1.10. The summed E-state index contributed by atoms with van der Waals surface area (Å²) in [6.45, 7) is 0. The van der Waals surface area contributed by atoms with Crippen LogP contribution in [0.15, 0.2) is 60.7 Å². The average molecular weight is 332 g/mol. The van der Waals surface area contributed by atoms with E-state index in [1.165, 1.54) is 0 Å². The Bertz CT molecular complexity index is 470. The van der Waals surface area contributed by atoms with Gasteiger partial charge in [0.1, 0.15) is 0 Å². The average Bonchev–Trinajstić information content (AvgIpc) is 2.41. The molecule has 0 aliphatic rings. The summed E-state index contributed by atoms with van der Waals surface area (Å²) in [4.78, 5) is 20.5. The third-order valence-electron chi connectivity index (χ3n) is 1.93. The fraction of sp³-hybridized carbons (Fsp3) is 0. The molecule has 0 saturated carbocycles. The maximum atomic E-state index is 10.2. The molecule has 0 bridgehead atoms. The molecule has 0 aromatic heterocycles. The van der Waals surface area contributed by atoms with Crippen molar-refractivity contribution in [1.82, 2.24) is 0 Å². The molecule has 0 spiro atoms. The van der Waals surface area contributed by atoms with Crippen LogP contribution in [0, 0.1) is 0 Å². The van der Waals surface area contributed by atoms with Gasteiger partial charge >= 0.3 is 33.4 Å². The summed E-state index contributed by atoms with van der Waals surface area (Å²) < 4.78 is 20.5. The Morgan fingerprint density at radius 1 is 0.632 bits per heavy atom. The normalized spacial score (nSPS) is 10.4. The summed E-state index contributed by atoms with van der Waals surface area (Å²) in [6.07, 6.45) is 0. The minimum atomic E-state index is -2.40. The second-order valence-corrected chi connectivity index (χ2v) is 5.25. The molecule has 0 aliphatic heterocycles. The van der Waals surface area contributed by atoms with E-state index in [9.17, 15) is 18.9 Å². The topological polar surface area (TPSA) is 80.3 Å². The van der Waals surface area contributed by atoms with Gasteiger partial charge in [0, 0.05) is 0 Å². The maximum Gasteiger partial charge on any atom is 2.00 e. The first-order valence-corrected chi connectivity index (χ1v) is 7.35. The largest absolute Gasteiger partial charge is 2.00 e. The monoisotopic (exact) mass is 332 g/mol. The molecule has 4 nitrogen and oxygen atoms in total. The van der Waals surface area contributed by atoms with Crippen molar-refractivity contribution in [2.75, 3.05) is 0 Å². The molecule has 19 heavy (non-hydrogen) atoms. The minimum Gasteiger partial charge on any atom is -0.591 e. The maximum absolute atomic E-state index is 10.2. The van der Waals surface area contributed by atoms with Crippen molar-refractivity contribution in [3.8, 4) is 0 Å². The molecule has 0 N–H and O–H groups in total. The zero-order chi connectivity index (χ0) is 13.4. The van der Waals surface area contributed by atoms with E-state index in [4.69, 9.17) is 0 Å². The second kappa shape index (κ2) is 9.95. The molecule has 0 saturated heterocycles. The van der Waals surface area contributed by atoms with E-state index in [0.29, 0.717) is 10.6 Å². The van der Waals surface area contributed by atoms with Crippen LogP contribution in [0.1, 0.15) is 0 Å². The van der Waals surface area contributed by atoms with Gasteiger partial charge in [0.05, 0.1) is 0 Å². The van der Waals surface area contributed by atoms with Crippen molar-refractivity contribution in [3.63, 3.8) is 0 Å². The predicted octanol–water partition coefficient (Wildman–Crippen LogP) is 0.827. The van der Waals surface area contributed by atoms with Gasteiger partial charge in [-0.2, -0.15) is 0 Å². The SMILES string of the molecule is O=[P+]([O-])c1ccccc1.O=[P+]([O-])c1ccccc1.[Cr+2]. The fourth-order valence-corrected chi connectivity index (χ4v) is 1.93. The molecule has 2 aromatic carbocycles. The standard InChI is InChI=1S/2C6H5O2P.Cr/c2*7-9(8)6-4-2-1-3-5-6;/h2*1-5H;/q;;+2. The summed E-state index contributed by atoms with van der Waals surface area (Å²) in [7, 11) is -4.79. The summed E-state index contributed by atoms with van der Waals surface area (Å²) in [5.74, 6) is 0. The van der Waals surface area contributed by atoms with Crippen LogP contribution in [0.3, 0.4) is 0 Å². The van der Waals surface area contributed by atoms with Crippen LogP contribution in [0.4, 0.5) is 0 Å². The van der Waals surface area contributed by atoms with Crippen LogP contribution in [0.25, 0.3) is 0 Å². The molecule has 0 radical (unpaired) electrons. The van der Waals surface area contributed by atoms with Gasteiger partial charge in [0.2, 0.25) is 0 Å². The van der Waals surface area contributed by atoms with Crippen molar-refractivity contribution in [2.24, 2.45) is 0 Å². The Labute approximate surface area is 124 Å². The molecule has 0 fully saturated rings. The molecular weight excluding hydrogens is 322 g/mol. The predicted molar refractivity (Wildman–Crippen MR) is 67.4 cm³/mol. The van der Waals surface area contributed by atoms with Crippen LogP contribution in [0.2, 0.25) is 0 Å². The first-order chi connectivity index (χ1) is 8.61. The van der Waals surface area contributed by atoms with Crippen molar-refractivity contribution in [3.05, 3.63) is 60.7 Å².